The summed E-state index contributed by atoms with van der Waals surface area (Å²) in [6, 6.07) is 1.20. The predicted octanol–water partition coefficient (Wildman–Crippen LogP) is 0.305. The van der Waals surface area contributed by atoms with E-state index in [1.807, 2.05) is 0 Å². The molecule has 0 bridgehead atoms. The molecule has 1 aliphatic rings. The Balaban J connectivity index is 2.33. The topological polar surface area (TPSA) is 106 Å². The van der Waals surface area contributed by atoms with Gasteiger partial charge in [-0.3, -0.25) is 0 Å². The molecule has 0 spiro atoms. The monoisotopic (exact) mass is 320 g/mol. The second-order valence-corrected chi connectivity index (χ2v) is 8.14. The lowest BCUT2D eigenvalue weighted by molar-refractivity contribution is 0.573. The largest absolute Gasteiger partial charge is 0.396 e. The fourth-order valence-corrected chi connectivity index (χ4v) is 4.66. The fourth-order valence-electron chi connectivity index (χ4n) is 1.87. The lowest BCUT2D eigenvalue weighted by atomic mass is 10.2. The average Bonchev–Trinajstić information content (AvgIpc) is 2.62. The summed E-state index contributed by atoms with van der Waals surface area (Å²) in [5, 5.41) is 0.964. The van der Waals surface area contributed by atoms with Gasteiger partial charge in [0.25, 0.3) is 0 Å². The molecule has 0 amide bonds. The Morgan fingerprint density at radius 2 is 2.05 bits per heavy atom. The molecule has 0 saturated carbocycles. The number of halogens is 1. The summed E-state index contributed by atoms with van der Waals surface area (Å²) in [5.41, 5.74) is 5.26. The first-order chi connectivity index (χ1) is 9.11. The van der Waals surface area contributed by atoms with Crippen molar-refractivity contribution in [2.75, 3.05) is 11.5 Å². The molecule has 0 radical (unpaired) electrons. The van der Waals surface area contributed by atoms with E-state index in [1.165, 1.54) is 13.0 Å². The molecule has 110 valence electrons. The summed E-state index contributed by atoms with van der Waals surface area (Å²) in [4.78, 5) is -0.172. The summed E-state index contributed by atoms with van der Waals surface area (Å²) in [5.74, 6) is -1.04. The number of aryl methyl sites for hydroxylation is 1. The number of nitrogen functional groups attached to an aromatic ring is 1. The first-order valence-electron chi connectivity index (χ1n) is 5.60. The molecule has 6 nitrogen and oxygen atoms in total. The maximum absolute atomic E-state index is 13.2. The minimum absolute atomic E-state index is 0.172. The lowest BCUT2D eigenvalue weighted by Crippen LogP contribution is -2.35. The van der Waals surface area contributed by atoms with E-state index in [0.29, 0.717) is 0 Å². The number of hydrogen-bond acceptors (Lipinski definition) is 5. The second kappa shape index (κ2) is 4.83. The van der Waals surface area contributed by atoms with Crippen molar-refractivity contribution in [3.63, 3.8) is 0 Å². The Morgan fingerprint density at radius 1 is 1.40 bits per heavy atom. The molecule has 0 aromatic heterocycles. The number of rotatable bonds is 3. The van der Waals surface area contributed by atoms with E-state index in [4.69, 9.17) is 5.73 Å². The van der Waals surface area contributed by atoms with Crippen LogP contribution >= 0.6 is 0 Å². The van der Waals surface area contributed by atoms with Crippen LogP contribution in [0.4, 0.5) is 10.1 Å². The zero-order chi connectivity index (χ0) is 15.1. The quantitative estimate of drug-likeness (QED) is 0.779. The third-order valence-electron chi connectivity index (χ3n) is 2.82. The molecule has 9 heteroatoms. The Labute approximate surface area is 116 Å². The zero-order valence-corrected chi connectivity index (χ0v) is 12.1. The highest BCUT2D eigenvalue weighted by Crippen LogP contribution is 2.22. The Hall–Kier alpha value is -1.45. The number of hydrogen-bond donors (Lipinski definition) is 2. The molecule has 0 saturated heterocycles. The first-order valence-corrected chi connectivity index (χ1v) is 8.79. The standard InChI is InChI=1S/C11H13FN2O4S2/c1-7-4-9(12)10(13)5-11(7)20(17,18)14-8-2-3-19(15,16)6-8/h2-5,8,14H,6,13H2,1H3. The number of nitrogens with one attached hydrogen (secondary N) is 1. The van der Waals surface area contributed by atoms with Gasteiger partial charge in [-0.25, -0.2) is 25.9 Å². The summed E-state index contributed by atoms with van der Waals surface area (Å²) in [6.45, 7) is 1.43. The molecule has 1 aliphatic heterocycles. The molecule has 1 unspecified atom stereocenters. The van der Waals surface area contributed by atoms with Crippen molar-refractivity contribution in [3.8, 4) is 0 Å². The zero-order valence-electron chi connectivity index (χ0n) is 10.5. The normalized spacial score (nSPS) is 21.2. The van der Waals surface area contributed by atoms with Crippen molar-refractivity contribution in [2.24, 2.45) is 0 Å². The highest BCUT2D eigenvalue weighted by Gasteiger charge is 2.28. The molecule has 1 aromatic rings. The maximum Gasteiger partial charge on any atom is 0.241 e. The van der Waals surface area contributed by atoms with Gasteiger partial charge in [0.2, 0.25) is 10.0 Å². The minimum atomic E-state index is -3.98. The first kappa shape index (κ1) is 14.9. The van der Waals surface area contributed by atoms with Crippen LogP contribution in [-0.2, 0) is 19.9 Å². The summed E-state index contributed by atoms with van der Waals surface area (Å²) < 4.78 is 62.3. The van der Waals surface area contributed by atoms with E-state index >= 15 is 0 Å². The third-order valence-corrected chi connectivity index (χ3v) is 5.85. The molecule has 2 rings (SSSR count). The predicted molar refractivity (Wildman–Crippen MR) is 72.6 cm³/mol. The van der Waals surface area contributed by atoms with Gasteiger partial charge < -0.3 is 5.73 Å². The molecule has 1 atom stereocenters. The van der Waals surface area contributed by atoms with E-state index in [0.717, 1.165) is 17.5 Å². The van der Waals surface area contributed by atoms with Crippen molar-refractivity contribution in [1.82, 2.24) is 4.72 Å². The van der Waals surface area contributed by atoms with Crippen LogP contribution in [0.3, 0.4) is 0 Å². The van der Waals surface area contributed by atoms with E-state index in [2.05, 4.69) is 4.72 Å². The van der Waals surface area contributed by atoms with Crippen molar-refractivity contribution in [2.45, 2.75) is 17.9 Å². The van der Waals surface area contributed by atoms with E-state index in [-0.39, 0.29) is 21.9 Å². The number of nitrogens with two attached hydrogens (primary N) is 1. The highest BCUT2D eigenvalue weighted by molar-refractivity contribution is 7.94. The van der Waals surface area contributed by atoms with Crippen LogP contribution < -0.4 is 10.5 Å². The summed E-state index contributed by atoms with van der Waals surface area (Å²) >= 11 is 0. The van der Waals surface area contributed by atoms with Crippen LogP contribution in [0.5, 0.6) is 0 Å². The summed E-state index contributed by atoms with van der Waals surface area (Å²) in [6.07, 6.45) is 1.26. The maximum atomic E-state index is 13.2. The molecule has 1 aromatic carbocycles. The molecule has 1 heterocycles. The van der Waals surface area contributed by atoms with Crippen molar-refractivity contribution < 1.29 is 21.2 Å². The van der Waals surface area contributed by atoms with Gasteiger partial charge in [-0.15, -0.1) is 0 Å². The lowest BCUT2D eigenvalue weighted by Gasteiger charge is -2.13. The molecular formula is C11H13FN2O4S2. The number of anilines is 1. The van der Waals surface area contributed by atoms with Crippen molar-refractivity contribution >= 4 is 25.5 Å². The molecule has 20 heavy (non-hydrogen) atoms. The van der Waals surface area contributed by atoms with Crippen molar-refractivity contribution in [3.05, 3.63) is 35.0 Å². The Bertz CT molecular complexity index is 785. The number of benzene rings is 1. The van der Waals surface area contributed by atoms with Crippen LogP contribution in [0.25, 0.3) is 0 Å². The molecule has 0 aliphatic carbocycles. The Kier molecular flexibility index (Phi) is 3.61. The van der Waals surface area contributed by atoms with Gasteiger partial charge >= 0.3 is 0 Å². The third kappa shape index (κ3) is 3.00. The van der Waals surface area contributed by atoms with Crippen LogP contribution in [0.2, 0.25) is 0 Å². The second-order valence-electron chi connectivity index (χ2n) is 4.53. The Morgan fingerprint density at radius 3 is 2.60 bits per heavy atom. The van der Waals surface area contributed by atoms with Crippen LogP contribution in [0.1, 0.15) is 5.56 Å². The van der Waals surface area contributed by atoms with Crippen molar-refractivity contribution in [1.29, 1.82) is 0 Å². The number of sulfonamides is 1. The van der Waals surface area contributed by atoms with E-state index in [9.17, 15) is 21.2 Å². The SMILES string of the molecule is Cc1cc(F)c(N)cc1S(=O)(=O)NC1C=CS(=O)(=O)C1. The van der Waals surface area contributed by atoms with E-state index < -0.39 is 31.7 Å². The van der Waals surface area contributed by atoms with Gasteiger partial charge in [0, 0.05) is 5.41 Å². The molecule has 0 fully saturated rings. The average molecular weight is 320 g/mol. The highest BCUT2D eigenvalue weighted by atomic mass is 32.2. The van der Waals surface area contributed by atoms with Gasteiger partial charge in [0.1, 0.15) is 5.82 Å². The van der Waals surface area contributed by atoms with Gasteiger partial charge in [0.15, 0.2) is 9.84 Å². The van der Waals surface area contributed by atoms with Gasteiger partial charge in [-0.05, 0) is 24.6 Å². The number of sulfone groups is 1. The fraction of sp³-hybridized carbons (Fsp3) is 0.273. The smallest absolute Gasteiger partial charge is 0.241 e. The van der Waals surface area contributed by atoms with E-state index in [1.54, 1.807) is 0 Å². The van der Waals surface area contributed by atoms with Gasteiger partial charge in [-0.1, -0.05) is 6.08 Å². The van der Waals surface area contributed by atoms with Crippen LogP contribution in [0.15, 0.2) is 28.5 Å². The van der Waals surface area contributed by atoms with Crippen LogP contribution in [0, 0.1) is 12.7 Å². The molecular weight excluding hydrogens is 307 g/mol. The van der Waals surface area contributed by atoms with Gasteiger partial charge in [-0.2, -0.15) is 0 Å². The minimum Gasteiger partial charge on any atom is -0.396 e. The van der Waals surface area contributed by atoms with Gasteiger partial charge in [0.05, 0.1) is 22.4 Å². The summed E-state index contributed by atoms with van der Waals surface area (Å²) in [7, 11) is -7.34. The van der Waals surface area contributed by atoms with Crippen LogP contribution in [-0.4, -0.2) is 28.6 Å². The molecule has 3 N–H and O–H groups in total.